The molecule has 104 valence electrons. The van der Waals surface area contributed by atoms with Gasteiger partial charge in [0.25, 0.3) is 0 Å². The average molecular weight is 263 g/mol. The van der Waals surface area contributed by atoms with E-state index >= 15 is 0 Å². The van der Waals surface area contributed by atoms with Crippen molar-refractivity contribution in [3.05, 3.63) is 34.9 Å². The summed E-state index contributed by atoms with van der Waals surface area (Å²) < 4.78 is 0. The highest BCUT2D eigenvalue weighted by atomic mass is 16.4. The van der Waals surface area contributed by atoms with Crippen molar-refractivity contribution in [2.45, 2.75) is 20.3 Å². The first-order chi connectivity index (χ1) is 8.81. The Balaban J connectivity index is 3.00. The predicted octanol–water partition coefficient (Wildman–Crippen LogP) is 2.14. The maximum Gasteiger partial charge on any atom is 0.304 e. The first kappa shape index (κ1) is 15.4. The normalized spacial score (nSPS) is 12.5. The van der Waals surface area contributed by atoms with Crippen LogP contribution >= 0.6 is 0 Å². The molecule has 0 bridgehead atoms. The monoisotopic (exact) mass is 263 g/mol. The second kappa shape index (κ2) is 6.48. The summed E-state index contributed by atoms with van der Waals surface area (Å²) in [6.07, 6.45) is -0.135. The molecule has 1 aromatic rings. The van der Waals surface area contributed by atoms with Gasteiger partial charge in [-0.15, -0.1) is 0 Å². The minimum absolute atomic E-state index is 0.0893. The Hall–Kier alpha value is -1.68. The topological polar surface area (TPSA) is 57.6 Å². The predicted molar refractivity (Wildman–Crippen MR) is 74.5 cm³/mol. The lowest BCUT2D eigenvalue weighted by molar-refractivity contribution is -0.137. The molecule has 1 unspecified atom stereocenters. The quantitative estimate of drug-likeness (QED) is 0.799. The van der Waals surface area contributed by atoms with Gasteiger partial charge in [0, 0.05) is 18.0 Å². The summed E-state index contributed by atoms with van der Waals surface area (Å²) in [5.74, 6) is -1.53. The first-order valence-electron chi connectivity index (χ1n) is 6.29. The SMILES string of the molecule is Cc1ccc(C(=O)C(CC(=O)O)CN(C)C)c(C)c1. The molecule has 0 aliphatic rings. The lowest BCUT2D eigenvalue weighted by Gasteiger charge is -2.19. The zero-order valence-electron chi connectivity index (χ0n) is 11.9. The number of hydrogen-bond acceptors (Lipinski definition) is 3. The number of carbonyl (C=O) groups excluding carboxylic acids is 1. The van der Waals surface area contributed by atoms with Crippen molar-refractivity contribution in [1.82, 2.24) is 4.90 Å². The Morgan fingerprint density at radius 2 is 1.89 bits per heavy atom. The van der Waals surface area contributed by atoms with Gasteiger partial charge in [-0.05, 0) is 33.5 Å². The van der Waals surface area contributed by atoms with E-state index in [1.54, 1.807) is 6.07 Å². The number of aliphatic carboxylic acids is 1. The lowest BCUT2D eigenvalue weighted by Crippen LogP contribution is -2.30. The van der Waals surface area contributed by atoms with Crippen molar-refractivity contribution < 1.29 is 14.7 Å². The van der Waals surface area contributed by atoms with Crippen LogP contribution in [0.3, 0.4) is 0 Å². The highest BCUT2D eigenvalue weighted by Crippen LogP contribution is 2.18. The zero-order chi connectivity index (χ0) is 14.6. The molecule has 1 aromatic carbocycles. The molecule has 0 saturated carbocycles. The Bertz CT molecular complexity index is 480. The van der Waals surface area contributed by atoms with E-state index < -0.39 is 11.9 Å². The third-order valence-electron chi connectivity index (χ3n) is 3.02. The van der Waals surface area contributed by atoms with Crippen molar-refractivity contribution in [2.24, 2.45) is 5.92 Å². The van der Waals surface area contributed by atoms with Crippen molar-refractivity contribution in [3.63, 3.8) is 0 Å². The summed E-state index contributed by atoms with van der Waals surface area (Å²) in [6.45, 7) is 4.29. The first-order valence-corrected chi connectivity index (χ1v) is 6.29. The summed E-state index contributed by atoms with van der Waals surface area (Å²) in [4.78, 5) is 25.2. The summed E-state index contributed by atoms with van der Waals surface area (Å²) in [6, 6.07) is 5.62. The van der Waals surface area contributed by atoms with E-state index in [2.05, 4.69) is 0 Å². The minimum atomic E-state index is -0.940. The van der Waals surface area contributed by atoms with Gasteiger partial charge in [-0.3, -0.25) is 9.59 Å². The summed E-state index contributed by atoms with van der Waals surface area (Å²) in [5.41, 5.74) is 2.62. The number of carbonyl (C=O) groups is 2. The van der Waals surface area contributed by atoms with Crippen molar-refractivity contribution >= 4 is 11.8 Å². The van der Waals surface area contributed by atoms with Gasteiger partial charge in [0.1, 0.15) is 0 Å². The number of benzene rings is 1. The van der Waals surface area contributed by atoms with Crippen LogP contribution in [0.15, 0.2) is 18.2 Å². The number of aryl methyl sites for hydroxylation is 2. The smallest absolute Gasteiger partial charge is 0.304 e. The zero-order valence-corrected chi connectivity index (χ0v) is 11.9. The number of rotatable bonds is 6. The molecule has 0 aliphatic carbocycles. The van der Waals surface area contributed by atoms with Gasteiger partial charge in [-0.2, -0.15) is 0 Å². The van der Waals surface area contributed by atoms with Gasteiger partial charge < -0.3 is 10.0 Å². The molecule has 1 N–H and O–H groups in total. The lowest BCUT2D eigenvalue weighted by atomic mass is 9.91. The third kappa shape index (κ3) is 4.48. The molecular weight excluding hydrogens is 242 g/mol. The van der Waals surface area contributed by atoms with Gasteiger partial charge in [-0.1, -0.05) is 23.8 Å². The molecule has 0 saturated heterocycles. The Kier molecular flexibility index (Phi) is 5.24. The Morgan fingerprint density at radius 1 is 1.26 bits per heavy atom. The fourth-order valence-electron chi connectivity index (χ4n) is 2.20. The van der Waals surface area contributed by atoms with E-state index in [1.807, 2.05) is 45.0 Å². The number of nitrogens with zero attached hydrogens (tertiary/aromatic N) is 1. The van der Waals surface area contributed by atoms with Gasteiger partial charge in [0.2, 0.25) is 0 Å². The highest BCUT2D eigenvalue weighted by Gasteiger charge is 2.24. The van der Waals surface area contributed by atoms with Crippen LogP contribution in [0.2, 0.25) is 0 Å². The van der Waals surface area contributed by atoms with E-state index in [9.17, 15) is 9.59 Å². The van der Waals surface area contributed by atoms with Crippen molar-refractivity contribution in [2.75, 3.05) is 20.6 Å². The number of Topliss-reactive ketones (excluding diaryl/α,β-unsaturated/α-hetero) is 1. The summed E-state index contributed by atoms with van der Waals surface area (Å²) in [7, 11) is 3.67. The molecule has 0 amide bonds. The second-order valence-electron chi connectivity index (χ2n) is 5.24. The Labute approximate surface area is 114 Å². The van der Waals surface area contributed by atoms with Crippen LogP contribution in [-0.2, 0) is 4.79 Å². The minimum Gasteiger partial charge on any atom is -0.481 e. The molecular formula is C15H21NO3. The van der Waals surface area contributed by atoms with Crippen molar-refractivity contribution in [1.29, 1.82) is 0 Å². The van der Waals surface area contributed by atoms with E-state index in [4.69, 9.17) is 5.11 Å². The van der Waals surface area contributed by atoms with Gasteiger partial charge in [0.15, 0.2) is 5.78 Å². The molecule has 4 nitrogen and oxygen atoms in total. The maximum atomic E-state index is 12.5. The fraction of sp³-hybridized carbons (Fsp3) is 0.467. The largest absolute Gasteiger partial charge is 0.481 e. The standard InChI is InChI=1S/C15H21NO3/c1-10-5-6-13(11(2)7-10)15(19)12(8-14(17)18)9-16(3)4/h5-7,12H,8-9H2,1-4H3,(H,17,18). The molecule has 0 fully saturated rings. The van der Waals surface area contributed by atoms with Crippen LogP contribution in [0.4, 0.5) is 0 Å². The Morgan fingerprint density at radius 3 is 2.37 bits per heavy atom. The fourth-order valence-corrected chi connectivity index (χ4v) is 2.20. The third-order valence-corrected chi connectivity index (χ3v) is 3.02. The average Bonchev–Trinajstić information content (AvgIpc) is 2.26. The highest BCUT2D eigenvalue weighted by molar-refractivity contribution is 6.00. The second-order valence-corrected chi connectivity index (χ2v) is 5.24. The van der Waals surface area contributed by atoms with E-state index in [1.165, 1.54) is 0 Å². The van der Waals surface area contributed by atoms with Crippen LogP contribution in [-0.4, -0.2) is 42.4 Å². The molecule has 0 spiro atoms. The van der Waals surface area contributed by atoms with E-state index in [0.29, 0.717) is 12.1 Å². The maximum absolute atomic E-state index is 12.5. The number of carboxylic acids is 1. The summed E-state index contributed by atoms with van der Waals surface area (Å²) >= 11 is 0. The molecule has 4 heteroatoms. The van der Waals surface area contributed by atoms with Crippen LogP contribution in [0.5, 0.6) is 0 Å². The molecule has 1 atom stereocenters. The van der Waals surface area contributed by atoms with Crippen LogP contribution < -0.4 is 0 Å². The number of hydrogen-bond donors (Lipinski definition) is 1. The van der Waals surface area contributed by atoms with Crippen molar-refractivity contribution in [3.8, 4) is 0 Å². The molecule has 0 radical (unpaired) electrons. The van der Waals surface area contributed by atoms with Gasteiger partial charge in [0.05, 0.1) is 6.42 Å². The van der Waals surface area contributed by atoms with Crippen LogP contribution in [0, 0.1) is 19.8 Å². The van der Waals surface area contributed by atoms with E-state index in [0.717, 1.165) is 11.1 Å². The van der Waals surface area contributed by atoms with E-state index in [-0.39, 0.29) is 12.2 Å². The van der Waals surface area contributed by atoms with Gasteiger partial charge >= 0.3 is 5.97 Å². The number of ketones is 1. The molecule has 0 aromatic heterocycles. The number of carboxylic acid groups (broad SMARTS) is 1. The summed E-state index contributed by atoms with van der Waals surface area (Å²) in [5, 5.41) is 8.94. The molecule has 19 heavy (non-hydrogen) atoms. The van der Waals surface area contributed by atoms with Crippen LogP contribution in [0.25, 0.3) is 0 Å². The van der Waals surface area contributed by atoms with Gasteiger partial charge in [-0.25, -0.2) is 0 Å². The molecule has 1 rings (SSSR count). The molecule has 0 heterocycles. The molecule has 0 aliphatic heterocycles. The van der Waals surface area contributed by atoms with Crippen LogP contribution in [0.1, 0.15) is 27.9 Å².